The van der Waals surface area contributed by atoms with Gasteiger partial charge in [0.1, 0.15) is 6.33 Å². The number of nitrogens with zero attached hydrogens (tertiary/aromatic N) is 4. The van der Waals surface area contributed by atoms with Gasteiger partial charge in [-0.25, -0.2) is 9.97 Å². The molecule has 32 heavy (non-hydrogen) atoms. The maximum absolute atomic E-state index is 12.2. The lowest BCUT2D eigenvalue weighted by Crippen LogP contribution is -2.31. The minimum Gasteiger partial charge on any atom is -0.334 e. The van der Waals surface area contributed by atoms with Crippen LogP contribution in [0.2, 0.25) is 0 Å². The van der Waals surface area contributed by atoms with E-state index >= 15 is 0 Å². The third-order valence-corrected chi connectivity index (χ3v) is 4.49. The van der Waals surface area contributed by atoms with Crippen molar-refractivity contribution in [3.63, 3.8) is 0 Å². The predicted molar refractivity (Wildman–Crippen MR) is 116 cm³/mol. The van der Waals surface area contributed by atoms with E-state index < -0.39 is 21.4 Å². The van der Waals surface area contributed by atoms with Crippen molar-refractivity contribution in [2.24, 2.45) is 0 Å². The Morgan fingerprint density at radius 2 is 1.66 bits per heavy atom. The number of benzene rings is 2. The molecule has 0 saturated heterocycles. The number of carbonyl (C=O) groups is 1. The van der Waals surface area contributed by atoms with Gasteiger partial charge in [-0.1, -0.05) is 37.3 Å². The van der Waals surface area contributed by atoms with Crippen molar-refractivity contribution < 1.29 is 14.6 Å². The van der Waals surface area contributed by atoms with Gasteiger partial charge in [-0.15, -0.1) is 0 Å². The maximum atomic E-state index is 12.2. The average Bonchev–Trinajstić information content (AvgIpc) is 2.78. The fraction of sp³-hybridized carbons (Fsp3) is 0.150. The first kappa shape index (κ1) is 22.1. The summed E-state index contributed by atoms with van der Waals surface area (Å²) < 4.78 is 0. The van der Waals surface area contributed by atoms with E-state index in [0.29, 0.717) is 17.7 Å². The summed E-state index contributed by atoms with van der Waals surface area (Å²) >= 11 is 0. The van der Waals surface area contributed by atoms with E-state index in [4.69, 9.17) is 0 Å². The summed E-state index contributed by atoms with van der Waals surface area (Å²) in [5.74, 6) is -0.742. The van der Waals surface area contributed by atoms with Gasteiger partial charge in [0.05, 0.1) is 16.3 Å². The Hall–Kier alpha value is -4.61. The van der Waals surface area contributed by atoms with E-state index in [9.17, 15) is 25.0 Å². The van der Waals surface area contributed by atoms with Gasteiger partial charge in [0.25, 0.3) is 5.69 Å². The van der Waals surface area contributed by atoms with Crippen LogP contribution >= 0.6 is 0 Å². The van der Waals surface area contributed by atoms with E-state index in [-0.39, 0.29) is 23.7 Å². The van der Waals surface area contributed by atoms with Crippen LogP contribution in [0.25, 0.3) is 0 Å². The van der Waals surface area contributed by atoms with Crippen LogP contribution in [-0.4, -0.2) is 25.7 Å². The van der Waals surface area contributed by atoms with Crippen LogP contribution in [0.3, 0.4) is 0 Å². The molecular formula is C20H19N7O5. The molecule has 3 N–H and O–H groups in total. The number of hydrazine groups is 1. The van der Waals surface area contributed by atoms with Crippen molar-refractivity contribution >= 4 is 34.6 Å². The number of non-ortho nitro benzene ring substituents is 1. The minimum absolute atomic E-state index is 0.0296. The average molecular weight is 437 g/mol. The number of amides is 1. The number of hydrogen-bond acceptors (Lipinski definition) is 9. The zero-order chi connectivity index (χ0) is 23.1. The number of nitrogens with one attached hydrogen (secondary N) is 3. The fourth-order valence-electron chi connectivity index (χ4n) is 2.91. The normalized spacial score (nSPS) is 10.3. The minimum atomic E-state index is -0.651. The monoisotopic (exact) mass is 437 g/mol. The van der Waals surface area contributed by atoms with E-state index in [1.54, 1.807) is 12.1 Å². The number of hydrogen-bond donors (Lipinski definition) is 3. The fourth-order valence-corrected chi connectivity index (χ4v) is 2.91. The molecule has 0 aliphatic rings. The van der Waals surface area contributed by atoms with Crippen LogP contribution in [0.5, 0.6) is 0 Å². The number of aryl methyl sites for hydroxylation is 1. The quantitative estimate of drug-likeness (QED) is 0.336. The summed E-state index contributed by atoms with van der Waals surface area (Å²) in [6.07, 6.45) is 1.75. The number of rotatable bonds is 9. The lowest BCUT2D eigenvalue weighted by molar-refractivity contribution is -0.384. The van der Waals surface area contributed by atoms with Gasteiger partial charge < -0.3 is 5.32 Å². The SMILES string of the molecule is CCc1ccccc1Nc1ncnc(NNC(=O)Cc2ccc([N+](=O)[O-])cc2)c1[N+](=O)[O-]. The molecule has 1 heterocycles. The maximum Gasteiger partial charge on any atom is 0.355 e. The van der Waals surface area contributed by atoms with Crippen molar-refractivity contribution in [1.82, 2.24) is 15.4 Å². The summed E-state index contributed by atoms with van der Waals surface area (Å²) in [5.41, 5.74) is 6.44. The summed E-state index contributed by atoms with van der Waals surface area (Å²) in [5, 5.41) is 25.3. The van der Waals surface area contributed by atoms with Gasteiger partial charge in [0.2, 0.25) is 17.5 Å². The molecule has 0 bridgehead atoms. The van der Waals surface area contributed by atoms with Gasteiger partial charge in [0, 0.05) is 17.8 Å². The molecule has 12 heteroatoms. The number of anilines is 3. The Bertz CT molecular complexity index is 1150. The van der Waals surface area contributed by atoms with Gasteiger partial charge >= 0.3 is 5.69 Å². The Balaban J connectivity index is 1.73. The molecule has 0 fully saturated rings. The highest BCUT2D eigenvalue weighted by Crippen LogP contribution is 2.31. The van der Waals surface area contributed by atoms with E-state index in [1.807, 2.05) is 19.1 Å². The smallest absolute Gasteiger partial charge is 0.334 e. The Labute approximate surface area is 182 Å². The molecule has 0 unspecified atom stereocenters. The number of nitro benzene ring substituents is 1. The van der Waals surface area contributed by atoms with Crippen LogP contribution in [0.4, 0.5) is 28.7 Å². The first-order valence-corrected chi connectivity index (χ1v) is 9.51. The number of para-hydroxylation sites is 1. The highest BCUT2D eigenvalue weighted by atomic mass is 16.6. The Morgan fingerprint density at radius 1 is 0.969 bits per heavy atom. The molecule has 0 radical (unpaired) electrons. The molecule has 3 rings (SSSR count). The second-order valence-electron chi connectivity index (χ2n) is 6.59. The molecule has 0 saturated carbocycles. The van der Waals surface area contributed by atoms with Gasteiger partial charge in [-0.3, -0.25) is 35.9 Å². The van der Waals surface area contributed by atoms with Crippen molar-refractivity contribution in [3.8, 4) is 0 Å². The molecule has 164 valence electrons. The highest BCUT2D eigenvalue weighted by molar-refractivity contribution is 5.81. The molecule has 0 aliphatic carbocycles. The second-order valence-corrected chi connectivity index (χ2v) is 6.59. The molecular weight excluding hydrogens is 418 g/mol. The van der Waals surface area contributed by atoms with Gasteiger partial charge in [-0.2, -0.15) is 0 Å². The lowest BCUT2D eigenvalue weighted by atomic mass is 10.1. The van der Waals surface area contributed by atoms with Crippen LogP contribution in [-0.2, 0) is 17.6 Å². The summed E-state index contributed by atoms with van der Waals surface area (Å²) in [6.45, 7) is 1.96. The van der Waals surface area contributed by atoms with Crippen molar-refractivity contribution in [2.75, 3.05) is 10.7 Å². The largest absolute Gasteiger partial charge is 0.355 e. The third kappa shape index (κ3) is 5.30. The molecule has 12 nitrogen and oxygen atoms in total. The first-order valence-electron chi connectivity index (χ1n) is 9.51. The van der Waals surface area contributed by atoms with Gasteiger partial charge in [0.15, 0.2) is 0 Å². The number of aromatic nitrogens is 2. The van der Waals surface area contributed by atoms with Crippen LogP contribution in [0.15, 0.2) is 54.9 Å². The van der Waals surface area contributed by atoms with Crippen LogP contribution in [0, 0.1) is 20.2 Å². The number of carbonyl (C=O) groups excluding carboxylic acids is 1. The number of nitro groups is 2. The van der Waals surface area contributed by atoms with Crippen molar-refractivity contribution in [2.45, 2.75) is 19.8 Å². The zero-order valence-corrected chi connectivity index (χ0v) is 16.9. The molecule has 1 amide bonds. The zero-order valence-electron chi connectivity index (χ0n) is 16.9. The molecule has 0 atom stereocenters. The Morgan fingerprint density at radius 3 is 2.31 bits per heavy atom. The summed E-state index contributed by atoms with van der Waals surface area (Å²) in [6, 6.07) is 12.8. The highest BCUT2D eigenvalue weighted by Gasteiger charge is 2.24. The lowest BCUT2D eigenvalue weighted by Gasteiger charge is -2.12. The standard InChI is InChI=1S/C20H19N7O5/c1-2-14-5-3-4-6-16(14)23-19-18(27(31)32)20(22-12-21-19)25-24-17(28)11-13-7-9-15(10-8-13)26(29)30/h3-10,12H,2,11H2,1H3,(H,24,28)(H2,21,22,23,25). The van der Waals surface area contributed by atoms with Crippen molar-refractivity contribution in [3.05, 3.63) is 86.2 Å². The second kappa shape index (κ2) is 9.93. The van der Waals surface area contributed by atoms with Crippen LogP contribution in [0.1, 0.15) is 18.1 Å². The molecule has 3 aromatic rings. The Kier molecular flexibility index (Phi) is 6.85. The van der Waals surface area contributed by atoms with E-state index in [2.05, 4.69) is 26.1 Å². The van der Waals surface area contributed by atoms with E-state index in [0.717, 1.165) is 11.9 Å². The molecule has 0 aliphatic heterocycles. The topological polar surface area (TPSA) is 165 Å². The summed E-state index contributed by atoms with van der Waals surface area (Å²) in [4.78, 5) is 41.2. The molecule has 0 spiro atoms. The predicted octanol–water partition coefficient (Wildman–Crippen LogP) is 3.28. The summed E-state index contributed by atoms with van der Waals surface area (Å²) in [7, 11) is 0. The van der Waals surface area contributed by atoms with Crippen molar-refractivity contribution in [1.29, 1.82) is 0 Å². The van der Waals surface area contributed by atoms with E-state index in [1.165, 1.54) is 24.3 Å². The first-order chi connectivity index (χ1) is 15.4. The molecule has 2 aromatic carbocycles. The van der Waals surface area contributed by atoms with Gasteiger partial charge in [-0.05, 0) is 23.6 Å². The molecule has 1 aromatic heterocycles. The van der Waals surface area contributed by atoms with Crippen LogP contribution < -0.4 is 16.2 Å². The third-order valence-electron chi connectivity index (χ3n) is 4.49.